The molecule has 3 saturated heterocycles. The fraction of sp³-hybridized carbons (Fsp3) is 0.667. The first kappa shape index (κ1) is 18.9. The molecule has 3 aliphatic heterocycles. The van der Waals surface area contributed by atoms with Gasteiger partial charge < -0.3 is 10.2 Å². The van der Waals surface area contributed by atoms with E-state index in [-0.39, 0.29) is 11.6 Å². The Morgan fingerprint density at radius 3 is 2.67 bits per heavy atom. The fourth-order valence-electron chi connectivity index (χ4n) is 5.41. The Kier molecular flexibility index (Phi) is 5.01. The molecule has 1 spiro atoms. The topological polar surface area (TPSA) is 67.2 Å². The number of fused-ring (bicyclic) bond motifs is 2. The highest BCUT2D eigenvalue weighted by molar-refractivity contribution is 5.87. The number of rotatable bonds is 5. The Labute approximate surface area is 161 Å². The van der Waals surface area contributed by atoms with E-state index >= 15 is 0 Å². The summed E-state index contributed by atoms with van der Waals surface area (Å²) in [5.74, 6) is -0.207. The summed E-state index contributed by atoms with van der Waals surface area (Å²) < 4.78 is 0. The minimum Gasteiger partial charge on any atom is -0.478 e. The zero-order valence-corrected chi connectivity index (χ0v) is 16.3. The van der Waals surface area contributed by atoms with Crippen molar-refractivity contribution in [3.63, 3.8) is 0 Å². The second kappa shape index (κ2) is 7.17. The van der Waals surface area contributed by atoms with Crippen molar-refractivity contribution in [2.75, 3.05) is 39.3 Å². The van der Waals surface area contributed by atoms with Crippen LogP contribution in [0, 0.1) is 5.92 Å². The third-order valence-electron chi connectivity index (χ3n) is 6.23. The Bertz CT molecular complexity index is 702. The van der Waals surface area contributed by atoms with Crippen LogP contribution in [-0.4, -0.2) is 87.8 Å². The zero-order valence-electron chi connectivity index (χ0n) is 16.3. The number of aliphatic hydroxyl groups excluding tert-OH is 1. The van der Waals surface area contributed by atoms with E-state index in [2.05, 4.69) is 28.5 Å². The van der Waals surface area contributed by atoms with Gasteiger partial charge in [0, 0.05) is 51.9 Å². The standard InChI is InChI=1S/C21H31N3O3/c1-15(2)8-23-13-21(14-23)12-22(10-18-7-19(25)11-24(18)21)9-16-4-3-5-17(6-16)20(26)27/h3-6,15,18-19,25H,7-14H2,1-2H3,(H,26,27)/t18-,19+/m0/s1. The minimum absolute atomic E-state index is 0.139. The average Bonchev–Trinajstić information content (AvgIpc) is 2.94. The lowest BCUT2D eigenvalue weighted by molar-refractivity contribution is -0.117. The number of piperazine rings is 1. The highest BCUT2D eigenvalue weighted by Crippen LogP contribution is 2.39. The summed E-state index contributed by atoms with van der Waals surface area (Å²) >= 11 is 0. The molecule has 0 bridgehead atoms. The monoisotopic (exact) mass is 373 g/mol. The molecule has 0 amide bonds. The predicted octanol–water partition coefficient (Wildman–Crippen LogP) is 1.35. The van der Waals surface area contributed by atoms with Crippen molar-refractivity contribution in [1.29, 1.82) is 0 Å². The second-order valence-corrected chi connectivity index (χ2v) is 9.16. The number of aromatic carboxylic acids is 1. The summed E-state index contributed by atoms with van der Waals surface area (Å²) in [6.45, 7) is 11.3. The molecule has 3 heterocycles. The van der Waals surface area contributed by atoms with E-state index in [9.17, 15) is 15.0 Å². The molecule has 0 unspecified atom stereocenters. The first-order chi connectivity index (χ1) is 12.8. The van der Waals surface area contributed by atoms with E-state index in [1.807, 2.05) is 12.1 Å². The zero-order chi connectivity index (χ0) is 19.2. The van der Waals surface area contributed by atoms with Crippen LogP contribution in [0.4, 0.5) is 0 Å². The predicted molar refractivity (Wildman–Crippen MR) is 104 cm³/mol. The van der Waals surface area contributed by atoms with Gasteiger partial charge in [0.25, 0.3) is 0 Å². The molecule has 2 N–H and O–H groups in total. The van der Waals surface area contributed by atoms with Crippen molar-refractivity contribution in [2.24, 2.45) is 5.92 Å². The first-order valence-electron chi connectivity index (χ1n) is 10.1. The van der Waals surface area contributed by atoms with E-state index < -0.39 is 5.97 Å². The summed E-state index contributed by atoms with van der Waals surface area (Å²) in [6.07, 6.45) is 0.624. The molecule has 0 aromatic heterocycles. The molecule has 27 heavy (non-hydrogen) atoms. The number of carbonyl (C=O) groups is 1. The number of aliphatic hydroxyl groups is 1. The summed E-state index contributed by atoms with van der Waals surface area (Å²) in [4.78, 5) is 18.8. The van der Waals surface area contributed by atoms with E-state index in [4.69, 9.17) is 0 Å². The summed E-state index contributed by atoms with van der Waals surface area (Å²) in [5.41, 5.74) is 1.54. The van der Waals surface area contributed by atoms with Gasteiger partial charge in [-0.05, 0) is 30.0 Å². The molecule has 0 radical (unpaired) electrons. The third-order valence-corrected chi connectivity index (χ3v) is 6.23. The molecule has 6 nitrogen and oxygen atoms in total. The summed E-state index contributed by atoms with van der Waals surface area (Å²) in [7, 11) is 0. The van der Waals surface area contributed by atoms with Gasteiger partial charge in [-0.3, -0.25) is 14.7 Å². The van der Waals surface area contributed by atoms with Crippen LogP contribution in [0.1, 0.15) is 36.2 Å². The Morgan fingerprint density at radius 2 is 1.96 bits per heavy atom. The number of hydrogen-bond acceptors (Lipinski definition) is 5. The molecule has 3 aliphatic rings. The molecule has 6 heteroatoms. The van der Waals surface area contributed by atoms with Gasteiger partial charge in [-0.15, -0.1) is 0 Å². The van der Waals surface area contributed by atoms with Gasteiger partial charge in [-0.2, -0.15) is 0 Å². The van der Waals surface area contributed by atoms with Crippen LogP contribution >= 0.6 is 0 Å². The van der Waals surface area contributed by atoms with E-state index in [1.165, 1.54) is 0 Å². The van der Waals surface area contributed by atoms with Crippen LogP contribution in [0.15, 0.2) is 24.3 Å². The highest BCUT2D eigenvalue weighted by Gasteiger charge is 2.55. The van der Waals surface area contributed by atoms with Crippen LogP contribution in [0.25, 0.3) is 0 Å². The molecule has 0 aliphatic carbocycles. The SMILES string of the molecule is CC(C)CN1CC2(CN(Cc3cccc(C(=O)O)c3)C[C@@H]3C[C@@H](O)CN32)C1. The van der Waals surface area contributed by atoms with Crippen LogP contribution in [0.2, 0.25) is 0 Å². The van der Waals surface area contributed by atoms with Crippen LogP contribution < -0.4 is 0 Å². The van der Waals surface area contributed by atoms with Gasteiger partial charge >= 0.3 is 5.97 Å². The van der Waals surface area contributed by atoms with E-state index in [0.29, 0.717) is 17.5 Å². The average molecular weight is 373 g/mol. The molecule has 3 fully saturated rings. The van der Waals surface area contributed by atoms with Crippen LogP contribution in [0.5, 0.6) is 0 Å². The third kappa shape index (κ3) is 3.76. The first-order valence-corrected chi connectivity index (χ1v) is 10.1. The van der Waals surface area contributed by atoms with Crippen LogP contribution in [0.3, 0.4) is 0 Å². The maximum atomic E-state index is 11.3. The number of carboxylic acids is 1. The number of carboxylic acid groups (broad SMARTS) is 1. The van der Waals surface area contributed by atoms with Crippen LogP contribution in [-0.2, 0) is 6.54 Å². The highest BCUT2D eigenvalue weighted by atomic mass is 16.4. The number of β-amino-alcohol motifs (C(OH)–C–C–N with tert-alkyl or cyclic N) is 1. The normalized spacial score (nSPS) is 28.4. The molecule has 148 valence electrons. The molecular weight excluding hydrogens is 342 g/mol. The lowest BCUT2D eigenvalue weighted by Crippen LogP contribution is -2.78. The molecule has 1 aromatic rings. The van der Waals surface area contributed by atoms with E-state index in [0.717, 1.165) is 57.8 Å². The second-order valence-electron chi connectivity index (χ2n) is 9.16. The van der Waals surface area contributed by atoms with Crippen molar-refractivity contribution in [2.45, 2.75) is 44.5 Å². The van der Waals surface area contributed by atoms with Crippen molar-refractivity contribution in [3.05, 3.63) is 35.4 Å². The smallest absolute Gasteiger partial charge is 0.335 e. The molecule has 0 saturated carbocycles. The largest absolute Gasteiger partial charge is 0.478 e. The lowest BCUT2D eigenvalue weighted by Gasteiger charge is -2.61. The number of hydrogen-bond donors (Lipinski definition) is 2. The molecule has 4 rings (SSSR count). The molecule has 2 atom stereocenters. The van der Waals surface area contributed by atoms with Gasteiger partial charge in [0.05, 0.1) is 17.2 Å². The molecule has 1 aromatic carbocycles. The Hall–Kier alpha value is -1.47. The van der Waals surface area contributed by atoms with Crippen molar-refractivity contribution < 1.29 is 15.0 Å². The summed E-state index contributed by atoms with van der Waals surface area (Å²) in [5, 5.41) is 19.5. The van der Waals surface area contributed by atoms with Gasteiger partial charge in [-0.1, -0.05) is 26.0 Å². The van der Waals surface area contributed by atoms with Crippen molar-refractivity contribution in [3.8, 4) is 0 Å². The molecular formula is C21H31N3O3. The Balaban J connectivity index is 1.49. The summed E-state index contributed by atoms with van der Waals surface area (Å²) in [6, 6.07) is 7.68. The van der Waals surface area contributed by atoms with E-state index in [1.54, 1.807) is 12.1 Å². The van der Waals surface area contributed by atoms with Gasteiger partial charge in [0.15, 0.2) is 0 Å². The van der Waals surface area contributed by atoms with Crippen molar-refractivity contribution in [1.82, 2.24) is 14.7 Å². The maximum absolute atomic E-state index is 11.3. The number of likely N-dealkylation sites (tertiary alicyclic amines) is 1. The number of nitrogens with zero attached hydrogens (tertiary/aromatic N) is 3. The minimum atomic E-state index is -0.875. The lowest BCUT2D eigenvalue weighted by atomic mass is 9.83. The van der Waals surface area contributed by atoms with Gasteiger partial charge in [0.2, 0.25) is 0 Å². The number of benzene rings is 1. The quantitative estimate of drug-likeness (QED) is 0.812. The fourth-order valence-corrected chi connectivity index (χ4v) is 5.41. The maximum Gasteiger partial charge on any atom is 0.335 e. The van der Waals surface area contributed by atoms with Gasteiger partial charge in [0.1, 0.15) is 0 Å². The van der Waals surface area contributed by atoms with Gasteiger partial charge in [-0.25, -0.2) is 4.79 Å². The Morgan fingerprint density at radius 1 is 1.22 bits per heavy atom. The van der Waals surface area contributed by atoms with Crippen molar-refractivity contribution >= 4 is 5.97 Å².